The van der Waals surface area contributed by atoms with Gasteiger partial charge in [0, 0.05) is 12.3 Å². The zero-order chi connectivity index (χ0) is 13.7. The molecule has 0 aromatic heterocycles. The van der Waals surface area contributed by atoms with Crippen LogP contribution in [0.25, 0.3) is 0 Å². The van der Waals surface area contributed by atoms with Crippen molar-refractivity contribution < 1.29 is 19.0 Å². The number of amides is 1. The standard InChI is InChI=1S/C13H18N2O4/c1-17-12-3-2-9(14)6-11(12)15-13(16)8-19-10-4-5-18-7-10/h2-3,6,10H,4-5,7-8,14H2,1H3,(H,15,16). The Morgan fingerprint density at radius 1 is 1.58 bits per heavy atom. The summed E-state index contributed by atoms with van der Waals surface area (Å²) in [5.41, 5.74) is 6.77. The molecule has 6 nitrogen and oxygen atoms in total. The van der Waals surface area contributed by atoms with Crippen LogP contribution in [-0.2, 0) is 14.3 Å². The van der Waals surface area contributed by atoms with Gasteiger partial charge in [0.25, 0.3) is 0 Å². The average molecular weight is 266 g/mol. The number of rotatable bonds is 5. The van der Waals surface area contributed by atoms with Crippen molar-refractivity contribution in [2.45, 2.75) is 12.5 Å². The maximum Gasteiger partial charge on any atom is 0.250 e. The summed E-state index contributed by atoms with van der Waals surface area (Å²) in [6, 6.07) is 5.06. The van der Waals surface area contributed by atoms with Gasteiger partial charge in [-0.25, -0.2) is 0 Å². The number of nitrogens with two attached hydrogens (primary N) is 1. The second-order valence-corrected chi connectivity index (χ2v) is 4.30. The van der Waals surface area contributed by atoms with Crippen molar-refractivity contribution in [2.75, 3.05) is 38.0 Å². The Labute approximate surface area is 111 Å². The van der Waals surface area contributed by atoms with E-state index in [0.717, 1.165) is 6.42 Å². The SMILES string of the molecule is COc1ccc(N)cc1NC(=O)COC1CCOC1. The van der Waals surface area contributed by atoms with Gasteiger partial charge in [0.2, 0.25) is 5.91 Å². The summed E-state index contributed by atoms with van der Waals surface area (Å²) < 4.78 is 15.7. The van der Waals surface area contributed by atoms with E-state index in [1.165, 1.54) is 7.11 Å². The Balaban J connectivity index is 1.88. The van der Waals surface area contributed by atoms with Crippen LogP contribution >= 0.6 is 0 Å². The lowest BCUT2D eigenvalue weighted by molar-refractivity contribution is -0.122. The minimum atomic E-state index is -0.240. The molecule has 1 aliphatic heterocycles. The first-order chi connectivity index (χ1) is 9.19. The average Bonchev–Trinajstić information content (AvgIpc) is 2.90. The molecule has 1 amide bonds. The highest BCUT2D eigenvalue weighted by molar-refractivity contribution is 5.93. The first-order valence-corrected chi connectivity index (χ1v) is 6.11. The van der Waals surface area contributed by atoms with Gasteiger partial charge >= 0.3 is 0 Å². The number of carbonyl (C=O) groups excluding carboxylic acids is 1. The lowest BCUT2D eigenvalue weighted by atomic mass is 10.2. The normalized spacial score (nSPS) is 18.3. The minimum Gasteiger partial charge on any atom is -0.495 e. The molecule has 1 unspecified atom stereocenters. The molecule has 19 heavy (non-hydrogen) atoms. The zero-order valence-corrected chi connectivity index (χ0v) is 10.8. The third kappa shape index (κ3) is 3.84. The second kappa shape index (κ2) is 6.40. The molecule has 104 valence electrons. The van der Waals surface area contributed by atoms with Crippen LogP contribution in [0.3, 0.4) is 0 Å². The van der Waals surface area contributed by atoms with Crippen molar-refractivity contribution in [3.63, 3.8) is 0 Å². The maximum atomic E-state index is 11.8. The van der Waals surface area contributed by atoms with Crippen LogP contribution in [0.1, 0.15) is 6.42 Å². The van der Waals surface area contributed by atoms with Gasteiger partial charge in [-0.15, -0.1) is 0 Å². The van der Waals surface area contributed by atoms with Gasteiger partial charge in [0.15, 0.2) is 0 Å². The number of methoxy groups -OCH3 is 1. The predicted molar refractivity (Wildman–Crippen MR) is 71.2 cm³/mol. The van der Waals surface area contributed by atoms with Crippen LogP contribution in [-0.4, -0.2) is 38.9 Å². The van der Waals surface area contributed by atoms with Crippen molar-refractivity contribution >= 4 is 17.3 Å². The number of hydrogen-bond acceptors (Lipinski definition) is 5. The number of anilines is 2. The van der Waals surface area contributed by atoms with Crippen molar-refractivity contribution in [2.24, 2.45) is 0 Å². The van der Waals surface area contributed by atoms with Gasteiger partial charge < -0.3 is 25.3 Å². The largest absolute Gasteiger partial charge is 0.495 e. The van der Waals surface area contributed by atoms with Crippen LogP contribution in [0, 0.1) is 0 Å². The van der Waals surface area contributed by atoms with E-state index in [2.05, 4.69) is 5.32 Å². The Kier molecular flexibility index (Phi) is 4.59. The van der Waals surface area contributed by atoms with E-state index in [1.807, 2.05) is 0 Å². The van der Waals surface area contributed by atoms with Gasteiger partial charge in [-0.05, 0) is 24.6 Å². The molecule has 6 heteroatoms. The smallest absolute Gasteiger partial charge is 0.250 e. The van der Waals surface area contributed by atoms with Crippen molar-refractivity contribution in [1.82, 2.24) is 0 Å². The van der Waals surface area contributed by atoms with Gasteiger partial charge in [0.05, 0.1) is 25.5 Å². The molecule has 0 bridgehead atoms. The van der Waals surface area contributed by atoms with E-state index in [-0.39, 0.29) is 18.6 Å². The van der Waals surface area contributed by atoms with Gasteiger partial charge in [-0.1, -0.05) is 0 Å². The van der Waals surface area contributed by atoms with E-state index < -0.39 is 0 Å². The Bertz CT molecular complexity index is 444. The molecule has 1 heterocycles. The maximum absolute atomic E-state index is 11.8. The van der Waals surface area contributed by atoms with Crippen LogP contribution in [0.15, 0.2) is 18.2 Å². The number of benzene rings is 1. The van der Waals surface area contributed by atoms with E-state index >= 15 is 0 Å². The quantitative estimate of drug-likeness (QED) is 0.777. The van der Waals surface area contributed by atoms with Gasteiger partial charge in [0.1, 0.15) is 12.4 Å². The molecule has 1 aromatic rings. The summed E-state index contributed by atoms with van der Waals surface area (Å²) >= 11 is 0. The Morgan fingerprint density at radius 3 is 3.11 bits per heavy atom. The van der Waals surface area contributed by atoms with Crippen LogP contribution in [0.4, 0.5) is 11.4 Å². The highest BCUT2D eigenvalue weighted by Gasteiger charge is 2.17. The monoisotopic (exact) mass is 266 g/mol. The number of nitrogen functional groups attached to an aromatic ring is 1. The van der Waals surface area contributed by atoms with Gasteiger partial charge in [-0.2, -0.15) is 0 Å². The first kappa shape index (κ1) is 13.6. The molecule has 0 saturated carbocycles. The van der Waals surface area contributed by atoms with Crippen LogP contribution in [0.5, 0.6) is 5.75 Å². The topological polar surface area (TPSA) is 82.8 Å². The number of ether oxygens (including phenoxy) is 3. The van der Waals surface area contributed by atoms with Gasteiger partial charge in [-0.3, -0.25) is 4.79 Å². The van der Waals surface area contributed by atoms with E-state index in [4.69, 9.17) is 19.9 Å². The summed E-state index contributed by atoms with van der Waals surface area (Å²) in [6.45, 7) is 1.23. The zero-order valence-electron chi connectivity index (χ0n) is 10.8. The number of carbonyl (C=O) groups is 1. The Morgan fingerprint density at radius 2 is 2.42 bits per heavy atom. The lowest BCUT2D eigenvalue weighted by Gasteiger charge is -2.12. The molecule has 1 fully saturated rings. The van der Waals surface area contributed by atoms with Crippen molar-refractivity contribution in [1.29, 1.82) is 0 Å². The molecular weight excluding hydrogens is 248 g/mol. The fraction of sp³-hybridized carbons (Fsp3) is 0.462. The highest BCUT2D eigenvalue weighted by Crippen LogP contribution is 2.26. The van der Waals surface area contributed by atoms with E-state index in [9.17, 15) is 4.79 Å². The molecule has 2 rings (SSSR count). The second-order valence-electron chi connectivity index (χ2n) is 4.30. The minimum absolute atomic E-state index is 0.00786. The van der Waals surface area contributed by atoms with E-state index in [1.54, 1.807) is 18.2 Å². The summed E-state index contributed by atoms with van der Waals surface area (Å²) in [7, 11) is 1.54. The molecule has 0 radical (unpaired) electrons. The van der Waals surface area contributed by atoms with Crippen LogP contribution in [0.2, 0.25) is 0 Å². The third-order valence-corrected chi connectivity index (χ3v) is 2.84. The third-order valence-electron chi connectivity index (χ3n) is 2.84. The van der Waals surface area contributed by atoms with E-state index in [0.29, 0.717) is 30.3 Å². The highest BCUT2D eigenvalue weighted by atomic mass is 16.5. The fourth-order valence-electron chi connectivity index (χ4n) is 1.85. The molecular formula is C13H18N2O4. The number of nitrogens with one attached hydrogen (secondary N) is 1. The molecule has 1 atom stereocenters. The Hall–Kier alpha value is -1.79. The van der Waals surface area contributed by atoms with Crippen LogP contribution < -0.4 is 15.8 Å². The fourth-order valence-corrected chi connectivity index (χ4v) is 1.85. The van der Waals surface area contributed by atoms with Crippen molar-refractivity contribution in [3.05, 3.63) is 18.2 Å². The molecule has 0 aliphatic carbocycles. The molecule has 0 spiro atoms. The first-order valence-electron chi connectivity index (χ1n) is 6.11. The number of hydrogen-bond donors (Lipinski definition) is 2. The summed E-state index contributed by atoms with van der Waals surface area (Å²) in [5.74, 6) is 0.322. The molecule has 3 N–H and O–H groups in total. The predicted octanol–water partition coefficient (Wildman–Crippen LogP) is 1.02. The molecule has 1 aliphatic rings. The lowest BCUT2D eigenvalue weighted by Crippen LogP contribution is -2.23. The molecule has 1 aromatic carbocycles. The summed E-state index contributed by atoms with van der Waals surface area (Å²) in [5, 5.41) is 2.72. The van der Waals surface area contributed by atoms with Crippen molar-refractivity contribution in [3.8, 4) is 5.75 Å². The summed E-state index contributed by atoms with van der Waals surface area (Å²) in [4.78, 5) is 11.8. The summed E-state index contributed by atoms with van der Waals surface area (Å²) in [6.07, 6.45) is 0.836. The molecule has 1 saturated heterocycles.